The Balaban J connectivity index is 2.04. The lowest BCUT2D eigenvalue weighted by Gasteiger charge is -2.15. The molecule has 0 saturated carbocycles. The first-order chi connectivity index (χ1) is 8.65. The molecule has 1 atom stereocenters. The summed E-state index contributed by atoms with van der Waals surface area (Å²) >= 11 is 13.6. The van der Waals surface area contributed by atoms with Crippen molar-refractivity contribution in [1.82, 2.24) is 4.98 Å². The summed E-state index contributed by atoms with van der Waals surface area (Å²) in [6, 6.07) is 5.76. The van der Waals surface area contributed by atoms with Gasteiger partial charge in [0.05, 0.1) is 15.7 Å². The lowest BCUT2D eigenvalue weighted by Crippen LogP contribution is -2.15. The number of fused-ring (bicyclic) bond motifs is 1. The van der Waals surface area contributed by atoms with Crippen molar-refractivity contribution in [2.24, 2.45) is 5.73 Å². The van der Waals surface area contributed by atoms with Crippen molar-refractivity contribution in [2.75, 3.05) is 0 Å². The van der Waals surface area contributed by atoms with Crippen molar-refractivity contribution in [2.45, 2.75) is 25.3 Å². The Morgan fingerprint density at radius 1 is 1.28 bits per heavy atom. The summed E-state index contributed by atoms with van der Waals surface area (Å²) in [7, 11) is 0. The smallest absolute Gasteiger partial charge is 0.123 e. The molecule has 2 aromatic rings. The van der Waals surface area contributed by atoms with Crippen molar-refractivity contribution in [3.8, 4) is 10.6 Å². The summed E-state index contributed by atoms with van der Waals surface area (Å²) < 4.78 is 0. The second kappa shape index (κ2) is 4.82. The molecule has 0 amide bonds. The van der Waals surface area contributed by atoms with Crippen LogP contribution in [0.2, 0.25) is 10.0 Å². The normalized spacial score (nSPS) is 18.7. The van der Waals surface area contributed by atoms with Crippen LogP contribution >= 0.6 is 34.5 Å². The molecule has 1 heterocycles. The molecule has 2 nitrogen and oxygen atoms in total. The summed E-state index contributed by atoms with van der Waals surface area (Å²) in [4.78, 5) is 5.90. The molecule has 5 heteroatoms. The van der Waals surface area contributed by atoms with Gasteiger partial charge in [0.15, 0.2) is 0 Å². The van der Waals surface area contributed by atoms with E-state index in [-0.39, 0.29) is 6.04 Å². The zero-order valence-corrected chi connectivity index (χ0v) is 11.9. The first-order valence-electron chi connectivity index (χ1n) is 5.86. The Hall–Kier alpha value is -0.610. The molecule has 0 spiro atoms. The van der Waals surface area contributed by atoms with Crippen molar-refractivity contribution < 1.29 is 0 Å². The van der Waals surface area contributed by atoms with Gasteiger partial charge in [0.2, 0.25) is 0 Å². The molecule has 2 N–H and O–H groups in total. The van der Waals surface area contributed by atoms with E-state index in [4.69, 9.17) is 28.9 Å². The number of benzene rings is 1. The fourth-order valence-electron chi connectivity index (χ4n) is 2.21. The summed E-state index contributed by atoms with van der Waals surface area (Å²) in [5.74, 6) is 0. The van der Waals surface area contributed by atoms with E-state index in [1.165, 1.54) is 4.88 Å². The van der Waals surface area contributed by atoms with Crippen LogP contribution in [0.3, 0.4) is 0 Å². The quantitative estimate of drug-likeness (QED) is 0.844. The molecular formula is C13H12Cl2N2S. The third kappa shape index (κ3) is 2.16. The van der Waals surface area contributed by atoms with Gasteiger partial charge in [-0.05, 0) is 31.4 Å². The predicted molar refractivity (Wildman–Crippen MR) is 77.4 cm³/mol. The van der Waals surface area contributed by atoms with Crippen LogP contribution in [0.4, 0.5) is 0 Å². The molecule has 1 unspecified atom stereocenters. The average Bonchev–Trinajstić information content (AvgIpc) is 2.78. The number of halogens is 2. The second-order valence-electron chi connectivity index (χ2n) is 4.46. The minimum absolute atomic E-state index is 0.141. The lowest BCUT2D eigenvalue weighted by molar-refractivity contribution is 0.573. The highest BCUT2D eigenvalue weighted by atomic mass is 35.5. The zero-order chi connectivity index (χ0) is 12.7. The predicted octanol–water partition coefficient (Wildman–Crippen LogP) is 4.45. The van der Waals surface area contributed by atoms with Gasteiger partial charge in [-0.1, -0.05) is 29.3 Å². The molecule has 1 aliphatic carbocycles. The minimum atomic E-state index is 0.141. The molecule has 0 fully saturated rings. The van der Waals surface area contributed by atoms with Crippen LogP contribution in [-0.2, 0) is 6.42 Å². The average molecular weight is 299 g/mol. The van der Waals surface area contributed by atoms with Gasteiger partial charge in [-0.2, -0.15) is 0 Å². The van der Waals surface area contributed by atoms with Crippen LogP contribution in [0.15, 0.2) is 18.2 Å². The molecule has 1 aromatic heterocycles. The van der Waals surface area contributed by atoms with Gasteiger partial charge in [-0.25, -0.2) is 4.98 Å². The number of nitrogens with zero attached hydrogens (tertiary/aromatic N) is 1. The van der Waals surface area contributed by atoms with E-state index in [1.54, 1.807) is 17.4 Å². The minimum Gasteiger partial charge on any atom is -0.323 e. The second-order valence-corrected chi connectivity index (χ2v) is 6.30. The van der Waals surface area contributed by atoms with Gasteiger partial charge in [-0.3, -0.25) is 0 Å². The molecule has 0 saturated heterocycles. The number of hydrogen-bond donors (Lipinski definition) is 1. The molecule has 94 valence electrons. The van der Waals surface area contributed by atoms with Gasteiger partial charge in [0.1, 0.15) is 5.01 Å². The van der Waals surface area contributed by atoms with Gasteiger partial charge in [0.25, 0.3) is 0 Å². The summed E-state index contributed by atoms with van der Waals surface area (Å²) in [5, 5.41) is 2.11. The van der Waals surface area contributed by atoms with E-state index in [0.29, 0.717) is 10.0 Å². The fourth-order valence-corrected chi connectivity index (χ4v) is 3.65. The van der Waals surface area contributed by atoms with Gasteiger partial charge < -0.3 is 5.73 Å². The standard InChI is InChI=1S/C13H12Cl2N2S/c14-8-5-4-7(6-9(8)15)13-17-11-3-1-2-10(16)12(11)18-13/h4-6,10H,1-3,16H2. The highest BCUT2D eigenvalue weighted by Crippen LogP contribution is 2.38. The number of aromatic nitrogens is 1. The molecule has 0 bridgehead atoms. The third-order valence-electron chi connectivity index (χ3n) is 3.16. The van der Waals surface area contributed by atoms with E-state index in [1.807, 2.05) is 12.1 Å². The molecule has 1 aromatic carbocycles. The molecular weight excluding hydrogens is 287 g/mol. The van der Waals surface area contributed by atoms with Gasteiger partial charge in [-0.15, -0.1) is 11.3 Å². The highest BCUT2D eigenvalue weighted by molar-refractivity contribution is 7.15. The molecule has 18 heavy (non-hydrogen) atoms. The van der Waals surface area contributed by atoms with Crippen molar-refractivity contribution in [1.29, 1.82) is 0 Å². The monoisotopic (exact) mass is 298 g/mol. The third-order valence-corrected chi connectivity index (χ3v) is 5.18. The van der Waals surface area contributed by atoms with Crippen LogP contribution in [0.25, 0.3) is 10.6 Å². The summed E-state index contributed by atoms with van der Waals surface area (Å²) in [6.07, 6.45) is 3.20. The van der Waals surface area contributed by atoms with Gasteiger partial charge >= 0.3 is 0 Å². The Bertz CT molecular complexity index is 595. The molecule has 0 aliphatic heterocycles. The number of thiazole rings is 1. The molecule has 1 aliphatic rings. The molecule has 3 rings (SSSR count). The van der Waals surface area contributed by atoms with Gasteiger partial charge in [0, 0.05) is 16.5 Å². The first kappa shape index (κ1) is 12.4. The Morgan fingerprint density at radius 3 is 2.83 bits per heavy atom. The highest BCUT2D eigenvalue weighted by Gasteiger charge is 2.22. The van der Waals surface area contributed by atoms with E-state index in [9.17, 15) is 0 Å². The van der Waals surface area contributed by atoms with Crippen LogP contribution in [0, 0.1) is 0 Å². The first-order valence-corrected chi connectivity index (χ1v) is 7.43. The largest absolute Gasteiger partial charge is 0.323 e. The number of hydrogen-bond acceptors (Lipinski definition) is 3. The maximum absolute atomic E-state index is 6.12. The number of nitrogens with two attached hydrogens (primary N) is 1. The van der Waals surface area contributed by atoms with Crippen LogP contribution < -0.4 is 5.73 Å². The Kier molecular flexibility index (Phi) is 3.32. The lowest BCUT2D eigenvalue weighted by atomic mass is 9.99. The summed E-state index contributed by atoms with van der Waals surface area (Å²) in [6.45, 7) is 0. The van der Waals surface area contributed by atoms with E-state index in [0.717, 1.165) is 35.5 Å². The van der Waals surface area contributed by atoms with Crippen molar-refractivity contribution in [3.05, 3.63) is 38.8 Å². The van der Waals surface area contributed by atoms with E-state index >= 15 is 0 Å². The SMILES string of the molecule is NC1CCCc2nc(-c3ccc(Cl)c(Cl)c3)sc21. The van der Waals surface area contributed by atoms with E-state index < -0.39 is 0 Å². The maximum Gasteiger partial charge on any atom is 0.123 e. The maximum atomic E-state index is 6.12. The number of rotatable bonds is 1. The Labute approximate surface area is 120 Å². The van der Waals surface area contributed by atoms with Crippen molar-refractivity contribution in [3.63, 3.8) is 0 Å². The Morgan fingerprint density at radius 2 is 2.11 bits per heavy atom. The topological polar surface area (TPSA) is 38.9 Å². The number of aryl methyl sites for hydroxylation is 1. The van der Waals surface area contributed by atoms with Crippen LogP contribution in [0.1, 0.15) is 29.5 Å². The van der Waals surface area contributed by atoms with Crippen LogP contribution in [0.5, 0.6) is 0 Å². The zero-order valence-electron chi connectivity index (χ0n) is 9.62. The fraction of sp³-hybridized carbons (Fsp3) is 0.308. The van der Waals surface area contributed by atoms with Crippen molar-refractivity contribution >= 4 is 34.5 Å². The van der Waals surface area contributed by atoms with Crippen LogP contribution in [-0.4, -0.2) is 4.98 Å². The van der Waals surface area contributed by atoms with E-state index in [2.05, 4.69) is 4.98 Å². The summed E-state index contributed by atoms with van der Waals surface area (Å²) in [5.41, 5.74) is 8.28. The molecule has 0 radical (unpaired) electrons.